The summed E-state index contributed by atoms with van der Waals surface area (Å²) < 4.78 is 1.15. The maximum Gasteiger partial charge on any atom is 0.145 e. The summed E-state index contributed by atoms with van der Waals surface area (Å²) in [5.41, 5.74) is 4.15. The van der Waals surface area contributed by atoms with E-state index >= 15 is 0 Å². The molecule has 1 aliphatic heterocycles. The Labute approximate surface area is 127 Å². The smallest absolute Gasteiger partial charge is 0.145 e. The van der Waals surface area contributed by atoms with Crippen molar-refractivity contribution in [3.8, 4) is 6.07 Å². The summed E-state index contributed by atoms with van der Waals surface area (Å²) >= 11 is 3.62. The summed E-state index contributed by atoms with van der Waals surface area (Å²) in [4.78, 5) is 6.70. The highest BCUT2D eigenvalue weighted by atomic mass is 79.9. The molecule has 0 N–H and O–H groups in total. The third-order valence-corrected chi connectivity index (χ3v) is 4.47. The topological polar surface area (TPSA) is 39.9 Å². The Morgan fingerprint density at radius 1 is 1.30 bits per heavy atom. The van der Waals surface area contributed by atoms with Gasteiger partial charge in [0.25, 0.3) is 0 Å². The van der Waals surface area contributed by atoms with Gasteiger partial charge in [-0.25, -0.2) is 4.98 Å². The van der Waals surface area contributed by atoms with Gasteiger partial charge < -0.3 is 4.90 Å². The average Bonchev–Trinajstić information content (AvgIpc) is 2.48. The number of halogens is 1. The van der Waals surface area contributed by atoms with Crippen LogP contribution in [0.3, 0.4) is 0 Å². The van der Waals surface area contributed by atoms with E-state index in [4.69, 9.17) is 5.26 Å². The molecule has 0 unspecified atom stereocenters. The van der Waals surface area contributed by atoms with E-state index in [1.807, 2.05) is 19.1 Å². The quantitative estimate of drug-likeness (QED) is 0.803. The maximum atomic E-state index is 9.10. The van der Waals surface area contributed by atoms with Crippen LogP contribution in [0.15, 0.2) is 34.8 Å². The van der Waals surface area contributed by atoms with Crippen molar-refractivity contribution in [2.24, 2.45) is 0 Å². The normalized spacial score (nSPS) is 13.8. The van der Waals surface area contributed by atoms with Gasteiger partial charge in [0, 0.05) is 17.6 Å². The second-order valence-electron chi connectivity index (χ2n) is 5.00. The fraction of sp³-hybridized carbons (Fsp3) is 0.250. The monoisotopic (exact) mass is 327 g/mol. The molecule has 3 rings (SSSR count). The second-order valence-corrected chi connectivity index (χ2v) is 5.85. The van der Waals surface area contributed by atoms with Crippen LogP contribution < -0.4 is 4.90 Å². The first-order chi connectivity index (χ1) is 9.69. The van der Waals surface area contributed by atoms with Gasteiger partial charge in [0.05, 0.1) is 0 Å². The lowest BCUT2D eigenvalue weighted by molar-refractivity contribution is 0.717. The molecule has 0 bridgehead atoms. The molecule has 3 nitrogen and oxygen atoms in total. The molecular weight excluding hydrogens is 314 g/mol. The first kappa shape index (κ1) is 13.1. The lowest BCUT2D eigenvalue weighted by Crippen LogP contribution is -2.31. The summed E-state index contributed by atoms with van der Waals surface area (Å²) in [7, 11) is 0. The second kappa shape index (κ2) is 5.26. The minimum atomic E-state index is 0.514. The largest absolute Gasteiger partial charge is 0.352 e. The highest BCUT2D eigenvalue weighted by molar-refractivity contribution is 9.10. The van der Waals surface area contributed by atoms with Crippen LogP contribution in [0.1, 0.15) is 22.4 Å². The summed E-state index contributed by atoms with van der Waals surface area (Å²) in [6.07, 6.45) is 1.01. The van der Waals surface area contributed by atoms with Crippen LogP contribution in [-0.2, 0) is 13.0 Å². The van der Waals surface area contributed by atoms with E-state index in [2.05, 4.69) is 50.1 Å². The van der Waals surface area contributed by atoms with Crippen LogP contribution in [0.2, 0.25) is 0 Å². The minimum Gasteiger partial charge on any atom is -0.352 e. The molecule has 0 aliphatic carbocycles. The van der Waals surface area contributed by atoms with Crippen molar-refractivity contribution in [1.82, 2.24) is 4.98 Å². The SMILES string of the molecule is Cc1ccc(N2CCc3cccc(Br)c3C2)nc1C#N. The van der Waals surface area contributed by atoms with Gasteiger partial charge in [0.2, 0.25) is 0 Å². The zero-order valence-electron chi connectivity index (χ0n) is 11.2. The number of benzene rings is 1. The molecule has 0 fully saturated rings. The molecule has 1 aromatic heterocycles. The Morgan fingerprint density at radius 2 is 2.15 bits per heavy atom. The Balaban J connectivity index is 1.95. The number of anilines is 1. The van der Waals surface area contributed by atoms with Crippen LogP contribution in [-0.4, -0.2) is 11.5 Å². The highest BCUT2D eigenvalue weighted by Crippen LogP contribution is 2.29. The van der Waals surface area contributed by atoms with Crippen molar-refractivity contribution in [2.75, 3.05) is 11.4 Å². The Morgan fingerprint density at radius 3 is 2.95 bits per heavy atom. The molecule has 4 heteroatoms. The van der Waals surface area contributed by atoms with Gasteiger partial charge in [0.1, 0.15) is 17.6 Å². The number of aryl methyl sites for hydroxylation is 1. The molecule has 0 radical (unpaired) electrons. The van der Waals surface area contributed by atoms with Crippen molar-refractivity contribution in [1.29, 1.82) is 5.26 Å². The minimum absolute atomic E-state index is 0.514. The fourth-order valence-corrected chi connectivity index (χ4v) is 3.08. The molecule has 1 aliphatic rings. The van der Waals surface area contributed by atoms with E-state index < -0.39 is 0 Å². The van der Waals surface area contributed by atoms with Gasteiger partial charge in [-0.3, -0.25) is 0 Å². The summed E-state index contributed by atoms with van der Waals surface area (Å²) in [6, 6.07) is 12.5. The summed E-state index contributed by atoms with van der Waals surface area (Å²) in [6.45, 7) is 3.68. The molecule has 2 heterocycles. The maximum absolute atomic E-state index is 9.10. The van der Waals surface area contributed by atoms with Crippen molar-refractivity contribution >= 4 is 21.7 Å². The zero-order chi connectivity index (χ0) is 14.1. The van der Waals surface area contributed by atoms with Crippen molar-refractivity contribution in [3.05, 3.63) is 57.2 Å². The number of pyridine rings is 1. The third-order valence-electron chi connectivity index (χ3n) is 3.73. The molecule has 0 spiro atoms. The molecular formula is C16H14BrN3. The predicted molar refractivity (Wildman–Crippen MR) is 82.6 cm³/mol. The lowest BCUT2D eigenvalue weighted by atomic mass is 10.00. The van der Waals surface area contributed by atoms with E-state index in [0.29, 0.717) is 5.69 Å². The summed E-state index contributed by atoms with van der Waals surface area (Å²) in [5.74, 6) is 0.883. The number of rotatable bonds is 1. The van der Waals surface area contributed by atoms with Gasteiger partial charge in [-0.05, 0) is 42.2 Å². The number of hydrogen-bond acceptors (Lipinski definition) is 3. The lowest BCUT2D eigenvalue weighted by Gasteiger charge is -2.30. The van der Waals surface area contributed by atoms with E-state index in [0.717, 1.165) is 35.4 Å². The van der Waals surface area contributed by atoms with E-state index in [1.54, 1.807) is 0 Å². The Kier molecular flexibility index (Phi) is 3.45. The molecule has 0 atom stereocenters. The van der Waals surface area contributed by atoms with Gasteiger partial charge in [-0.15, -0.1) is 0 Å². The van der Waals surface area contributed by atoms with Crippen molar-refractivity contribution in [2.45, 2.75) is 19.9 Å². The number of hydrogen-bond donors (Lipinski definition) is 0. The number of fused-ring (bicyclic) bond motifs is 1. The van der Waals surface area contributed by atoms with Crippen LogP contribution in [0.5, 0.6) is 0 Å². The molecule has 20 heavy (non-hydrogen) atoms. The van der Waals surface area contributed by atoms with Crippen LogP contribution in [0.25, 0.3) is 0 Å². The van der Waals surface area contributed by atoms with Crippen molar-refractivity contribution < 1.29 is 0 Å². The molecule has 0 amide bonds. The molecule has 0 saturated heterocycles. The molecule has 0 saturated carbocycles. The van der Waals surface area contributed by atoms with Gasteiger partial charge in [0.15, 0.2) is 0 Å². The average molecular weight is 328 g/mol. The first-order valence-corrected chi connectivity index (χ1v) is 7.37. The van der Waals surface area contributed by atoms with E-state index in [1.165, 1.54) is 11.1 Å². The van der Waals surface area contributed by atoms with Crippen LogP contribution in [0, 0.1) is 18.3 Å². The number of nitriles is 1. The Hall–Kier alpha value is -1.86. The van der Waals surface area contributed by atoms with E-state index in [-0.39, 0.29) is 0 Å². The highest BCUT2D eigenvalue weighted by Gasteiger charge is 2.19. The Bertz CT molecular complexity index is 703. The molecule has 2 aromatic rings. The fourth-order valence-electron chi connectivity index (χ4n) is 2.54. The van der Waals surface area contributed by atoms with Gasteiger partial charge in [-0.2, -0.15) is 5.26 Å². The van der Waals surface area contributed by atoms with Crippen LogP contribution in [0.4, 0.5) is 5.82 Å². The van der Waals surface area contributed by atoms with Gasteiger partial charge >= 0.3 is 0 Å². The molecule has 100 valence electrons. The first-order valence-electron chi connectivity index (χ1n) is 6.58. The predicted octanol–water partition coefficient (Wildman–Crippen LogP) is 3.59. The standard InChI is InChI=1S/C16H14BrN3/c1-11-5-6-16(19-15(11)9-18)20-8-7-12-3-2-4-14(17)13(12)10-20/h2-6H,7-8,10H2,1H3. The number of nitrogens with zero attached hydrogens (tertiary/aromatic N) is 3. The van der Waals surface area contributed by atoms with Crippen molar-refractivity contribution in [3.63, 3.8) is 0 Å². The number of aromatic nitrogens is 1. The van der Waals surface area contributed by atoms with Gasteiger partial charge in [-0.1, -0.05) is 34.1 Å². The van der Waals surface area contributed by atoms with Crippen LogP contribution >= 0.6 is 15.9 Å². The molecule has 1 aromatic carbocycles. The zero-order valence-corrected chi connectivity index (χ0v) is 12.8. The third kappa shape index (κ3) is 2.30. The summed E-state index contributed by atoms with van der Waals surface area (Å²) in [5, 5.41) is 9.10. The van der Waals surface area contributed by atoms with E-state index in [9.17, 15) is 0 Å².